The fourth-order valence-electron chi connectivity index (χ4n) is 1.21. The lowest BCUT2D eigenvalue weighted by molar-refractivity contribution is 0.404. The van der Waals surface area contributed by atoms with E-state index in [0.717, 1.165) is 18.4 Å². The monoisotopic (exact) mass is 138 g/mol. The van der Waals surface area contributed by atoms with Crippen LogP contribution >= 0.6 is 0 Å². The average Bonchev–Trinajstić information content (AvgIpc) is 1.88. The maximum atomic E-state index is 9.33. The summed E-state index contributed by atoms with van der Waals surface area (Å²) in [6.45, 7) is 4.20. The molecule has 1 nitrogen and oxygen atoms in total. The van der Waals surface area contributed by atoms with Crippen LogP contribution in [0.2, 0.25) is 0 Å². The second-order valence-corrected chi connectivity index (χ2v) is 2.98. The molecule has 0 amide bonds. The number of rotatable bonds is 1. The van der Waals surface area contributed by atoms with Gasteiger partial charge in [0.2, 0.25) is 0 Å². The first-order chi connectivity index (χ1) is 4.72. The van der Waals surface area contributed by atoms with Crippen LogP contribution in [0.25, 0.3) is 0 Å². The molecule has 0 radical (unpaired) electrons. The number of allylic oxidation sites excluding steroid dienone is 3. The molecule has 1 N–H and O–H groups in total. The van der Waals surface area contributed by atoms with E-state index in [4.69, 9.17) is 0 Å². The second kappa shape index (κ2) is 2.91. The van der Waals surface area contributed by atoms with Crippen LogP contribution in [0.3, 0.4) is 0 Å². The molecule has 0 aliphatic heterocycles. The molecule has 1 aliphatic rings. The molecular weight excluding hydrogens is 124 g/mol. The molecule has 0 aromatic heterocycles. The van der Waals surface area contributed by atoms with E-state index in [9.17, 15) is 5.11 Å². The summed E-state index contributed by atoms with van der Waals surface area (Å²) >= 11 is 0. The van der Waals surface area contributed by atoms with E-state index in [0.29, 0.717) is 11.7 Å². The van der Waals surface area contributed by atoms with E-state index in [-0.39, 0.29) is 0 Å². The fraction of sp³-hybridized carbons (Fsp3) is 0.556. The van der Waals surface area contributed by atoms with Gasteiger partial charge in [-0.3, -0.25) is 0 Å². The van der Waals surface area contributed by atoms with Crippen LogP contribution in [0.5, 0.6) is 0 Å². The van der Waals surface area contributed by atoms with Crippen molar-refractivity contribution in [2.75, 3.05) is 0 Å². The molecule has 1 aliphatic carbocycles. The summed E-state index contributed by atoms with van der Waals surface area (Å²) in [6.07, 6.45) is 6.09. The highest BCUT2D eigenvalue weighted by Crippen LogP contribution is 2.22. The Hall–Kier alpha value is -0.720. The maximum Gasteiger partial charge on any atom is 0.114 e. The van der Waals surface area contributed by atoms with Gasteiger partial charge in [-0.05, 0) is 30.4 Å². The van der Waals surface area contributed by atoms with Gasteiger partial charge in [0, 0.05) is 0 Å². The van der Waals surface area contributed by atoms with Gasteiger partial charge >= 0.3 is 0 Å². The normalized spacial score (nSPS) is 18.7. The molecule has 0 fully saturated rings. The average molecular weight is 138 g/mol. The zero-order chi connectivity index (χ0) is 7.56. The Morgan fingerprint density at radius 1 is 1.30 bits per heavy atom. The van der Waals surface area contributed by atoms with Crippen molar-refractivity contribution in [1.82, 2.24) is 0 Å². The minimum absolute atomic E-state index is 0.455. The first-order valence-corrected chi connectivity index (χ1v) is 3.81. The Morgan fingerprint density at radius 3 is 2.30 bits per heavy atom. The van der Waals surface area contributed by atoms with Crippen molar-refractivity contribution < 1.29 is 5.11 Å². The molecule has 56 valence electrons. The smallest absolute Gasteiger partial charge is 0.114 e. The first-order valence-electron chi connectivity index (χ1n) is 3.81. The van der Waals surface area contributed by atoms with E-state index in [1.165, 1.54) is 0 Å². The van der Waals surface area contributed by atoms with Crippen molar-refractivity contribution >= 4 is 0 Å². The molecule has 0 atom stereocenters. The van der Waals surface area contributed by atoms with Gasteiger partial charge in [0.1, 0.15) is 5.76 Å². The van der Waals surface area contributed by atoms with E-state index in [1.807, 2.05) is 6.08 Å². The van der Waals surface area contributed by atoms with Crippen LogP contribution in [0.15, 0.2) is 23.5 Å². The number of hydrogen-bond acceptors (Lipinski definition) is 1. The van der Waals surface area contributed by atoms with E-state index < -0.39 is 0 Å². The molecule has 0 saturated heterocycles. The Balaban J connectivity index is 2.74. The van der Waals surface area contributed by atoms with E-state index in [1.54, 1.807) is 0 Å². The van der Waals surface area contributed by atoms with Crippen molar-refractivity contribution in [3.05, 3.63) is 23.5 Å². The molecule has 1 rings (SSSR count). The maximum absolute atomic E-state index is 9.33. The summed E-state index contributed by atoms with van der Waals surface area (Å²) in [5.41, 5.74) is 1.10. The predicted molar refractivity (Wildman–Crippen MR) is 42.9 cm³/mol. The Kier molecular flexibility index (Phi) is 2.15. The zero-order valence-electron chi connectivity index (χ0n) is 6.59. The molecule has 1 heteroatoms. The predicted octanol–water partition coefficient (Wildman–Crippen LogP) is 2.80. The number of hydrogen-bond donors (Lipinski definition) is 1. The Labute approximate surface area is 62.1 Å². The van der Waals surface area contributed by atoms with Crippen LogP contribution in [0, 0.1) is 5.92 Å². The van der Waals surface area contributed by atoms with Gasteiger partial charge in [-0.1, -0.05) is 19.9 Å². The van der Waals surface area contributed by atoms with Crippen LogP contribution in [-0.4, -0.2) is 5.11 Å². The summed E-state index contributed by atoms with van der Waals surface area (Å²) in [6, 6.07) is 0. The lowest BCUT2D eigenvalue weighted by atomic mass is 9.95. The molecule has 0 aromatic carbocycles. The zero-order valence-corrected chi connectivity index (χ0v) is 6.59. The van der Waals surface area contributed by atoms with Crippen molar-refractivity contribution in [3.8, 4) is 0 Å². The molecule has 0 aromatic rings. The van der Waals surface area contributed by atoms with E-state index in [2.05, 4.69) is 19.9 Å². The minimum Gasteiger partial charge on any atom is -0.508 e. The lowest BCUT2D eigenvalue weighted by Crippen LogP contribution is -2.00. The van der Waals surface area contributed by atoms with Gasteiger partial charge in [-0.15, -0.1) is 0 Å². The van der Waals surface area contributed by atoms with Gasteiger partial charge in [-0.25, -0.2) is 0 Å². The first kappa shape index (κ1) is 7.39. The highest BCUT2D eigenvalue weighted by atomic mass is 16.3. The third-order valence-corrected chi connectivity index (χ3v) is 1.79. The second-order valence-electron chi connectivity index (χ2n) is 2.98. The van der Waals surface area contributed by atoms with Crippen LogP contribution in [-0.2, 0) is 0 Å². The van der Waals surface area contributed by atoms with Crippen LogP contribution in [0.4, 0.5) is 0 Å². The quantitative estimate of drug-likeness (QED) is 0.590. The topological polar surface area (TPSA) is 20.2 Å². The minimum atomic E-state index is 0.455. The Bertz CT molecular complexity index is 175. The summed E-state index contributed by atoms with van der Waals surface area (Å²) in [7, 11) is 0. The third-order valence-electron chi connectivity index (χ3n) is 1.79. The Morgan fingerprint density at radius 2 is 1.90 bits per heavy atom. The van der Waals surface area contributed by atoms with Crippen LogP contribution in [0.1, 0.15) is 26.7 Å². The highest BCUT2D eigenvalue weighted by Gasteiger charge is 2.09. The third kappa shape index (κ3) is 1.41. The molecule has 0 spiro atoms. The van der Waals surface area contributed by atoms with Gasteiger partial charge in [-0.2, -0.15) is 0 Å². The molecule has 0 bridgehead atoms. The highest BCUT2D eigenvalue weighted by molar-refractivity contribution is 5.29. The largest absolute Gasteiger partial charge is 0.508 e. The van der Waals surface area contributed by atoms with Gasteiger partial charge < -0.3 is 5.11 Å². The van der Waals surface area contributed by atoms with Crippen molar-refractivity contribution in [3.63, 3.8) is 0 Å². The SMILES string of the molecule is CC(C)C1=CCCC=C1O. The summed E-state index contributed by atoms with van der Waals surface area (Å²) in [4.78, 5) is 0. The van der Waals surface area contributed by atoms with Crippen molar-refractivity contribution in [1.29, 1.82) is 0 Å². The van der Waals surface area contributed by atoms with Crippen molar-refractivity contribution in [2.45, 2.75) is 26.7 Å². The van der Waals surface area contributed by atoms with Crippen LogP contribution < -0.4 is 0 Å². The molecule has 0 saturated carbocycles. The fourth-order valence-corrected chi connectivity index (χ4v) is 1.21. The van der Waals surface area contributed by atoms with Gasteiger partial charge in [0.25, 0.3) is 0 Å². The number of aliphatic hydroxyl groups is 1. The summed E-state index contributed by atoms with van der Waals surface area (Å²) < 4.78 is 0. The molecule has 0 unspecified atom stereocenters. The molecule has 0 heterocycles. The van der Waals surface area contributed by atoms with E-state index >= 15 is 0 Å². The van der Waals surface area contributed by atoms with Gasteiger partial charge in [0.05, 0.1) is 0 Å². The van der Waals surface area contributed by atoms with Gasteiger partial charge in [0.15, 0.2) is 0 Å². The lowest BCUT2D eigenvalue weighted by Gasteiger charge is -2.13. The standard InChI is InChI=1S/C9H14O/c1-7(2)8-5-3-4-6-9(8)10/h5-7,10H,3-4H2,1-2H3. The molecular formula is C9H14O. The summed E-state index contributed by atoms with van der Waals surface area (Å²) in [5.74, 6) is 0.942. The molecule has 10 heavy (non-hydrogen) atoms. The number of aliphatic hydroxyl groups excluding tert-OH is 1. The summed E-state index contributed by atoms with van der Waals surface area (Å²) in [5, 5.41) is 9.33. The van der Waals surface area contributed by atoms with Crippen molar-refractivity contribution in [2.24, 2.45) is 5.92 Å².